The summed E-state index contributed by atoms with van der Waals surface area (Å²) in [6.07, 6.45) is 4.60. The maximum Gasteiger partial charge on any atom is 0.341 e. The number of aryl methyl sites for hydroxylation is 1. The predicted octanol–water partition coefficient (Wildman–Crippen LogP) is 2.94. The quantitative estimate of drug-likeness (QED) is 0.636. The Labute approximate surface area is 138 Å². The molecule has 1 aromatic rings. The highest BCUT2D eigenvalue weighted by Gasteiger charge is 2.30. The minimum Gasteiger partial charge on any atom is -0.478 e. The third kappa shape index (κ3) is 3.98. The van der Waals surface area contributed by atoms with E-state index in [-0.39, 0.29) is 12.5 Å². The lowest BCUT2D eigenvalue weighted by molar-refractivity contribution is -0.131. The molecular weight excluding hydrogens is 318 g/mol. The molecule has 0 radical (unpaired) electrons. The van der Waals surface area contributed by atoms with Crippen molar-refractivity contribution in [2.24, 2.45) is 0 Å². The van der Waals surface area contributed by atoms with Gasteiger partial charge in [0.05, 0.1) is 12.2 Å². The first-order valence-electron chi connectivity index (χ1n) is 7.48. The van der Waals surface area contributed by atoms with Gasteiger partial charge in [0.25, 0.3) is 0 Å². The van der Waals surface area contributed by atoms with Crippen molar-refractivity contribution in [1.29, 1.82) is 0 Å². The van der Waals surface area contributed by atoms with Crippen LogP contribution in [0, 0.1) is 0 Å². The largest absolute Gasteiger partial charge is 0.478 e. The van der Waals surface area contributed by atoms with E-state index < -0.39 is 17.8 Å². The zero-order valence-corrected chi connectivity index (χ0v) is 13.9. The number of hydrogen-bond acceptors (Lipinski definition) is 5. The second kappa shape index (κ2) is 7.41. The summed E-state index contributed by atoms with van der Waals surface area (Å²) in [5, 5.41) is 11.6. The van der Waals surface area contributed by atoms with Gasteiger partial charge in [0.15, 0.2) is 0 Å². The van der Waals surface area contributed by atoms with E-state index in [1.54, 1.807) is 6.92 Å². The van der Waals surface area contributed by atoms with Crippen molar-refractivity contribution < 1.29 is 24.2 Å². The fourth-order valence-electron chi connectivity index (χ4n) is 2.71. The van der Waals surface area contributed by atoms with Gasteiger partial charge in [-0.25, -0.2) is 9.59 Å². The van der Waals surface area contributed by atoms with Crippen LogP contribution in [0.25, 0.3) is 0 Å². The van der Waals surface area contributed by atoms with Crippen LogP contribution in [0.5, 0.6) is 0 Å². The zero-order chi connectivity index (χ0) is 17.0. The minimum absolute atomic E-state index is 0.231. The number of amides is 1. The number of carboxylic acid groups (broad SMARTS) is 1. The molecule has 1 aromatic heterocycles. The second-order valence-electron chi connectivity index (χ2n) is 5.32. The first kappa shape index (κ1) is 17.2. The molecule has 0 aliphatic heterocycles. The van der Waals surface area contributed by atoms with Gasteiger partial charge in [0.2, 0.25) is 5.91 Å². The highest BCUT2D eigenvalue weighted by Crippen LogP contribution is 2.43. The van der Waals surface area contributed by atoms with E-state index in [0.29, 0.717) is 10.6 Å². The number of nitrogens with one attached hydrogen (secondary N) is 1. The molecule has 6 nitrogen and oxygen atoms in total. The summed E-state index contributed by atoms with van der Waals surface area (Å²) in [4.78, 5) is 35.7. The van der Waals surface area contributed by atoms with Crippen LogP contribution >= 0.6 is 11.3 Å². The number of ether oxygens (including phenoxy) is 1. The number of rotatable bonds is 5. The van der Waals surface area contributed by atoms with Crippen molar-refractivity contribution in [2.75, 3.05) is 11.9 Å². The Morgan fingerprint density at radius 2 is 2.13 bits per heavy atom. The monoisotopic (exact) mass is 337 g/mol. The van der Waals surface area contributed by atoms with Crippen LogP contribution in [0.3, 0.4) is 0 Å². The van der Waals surface area contributed by atoms with Crippen molar-refractivity contribution in [3.05, 3.63) is 28.2 Å². The molecule has 2 rings (SSSR count). The van der Waals surface area contributed by atoms with E-state index in [1.807, 2.05) is 0 Å². The summed E-state index contributed by atoms with van der Waals surface area (Å²) in [5.41, 5.74) is 1.37. The normalized spacial score (nSPS) is 16.9. The average Bonchev–Trinajstić information content (AvgIpc) is 2.84. The highest BCUT2D eigenvalue weighted by atomic mass is 32.1. The number of carboxylic acids is 1. The van der Waals surface area contributed by atoms with Crippen molar-refractivity contribution >= 4 is 34.2 Å². The molecule has 2 N–H and O–H groups in total. The average molecular weight is 337 g/mol. The summed E-state index contributed by atoms with van der Waals surface area (Å²) in [5.74, 6) is -2.00. The molecule has 1 amide bonds. The summed E-state index contributed by atoms with van der Waals surface area (Å²) < 4.78 is 5.13. The summed E-state index contributed by atoms with van der Waals surface area (Å²) in [6.45, 7) is 4.04. The molecule has 1 atom stereocenters. The van der Waals surface area contributed by atoms with Crippen LogP contribution in [0.1, 0.15) is 53.4 Å². The molecule has 0 fully saturated rings. The molecule has 0 spiro atoms. The first-order valence-corrected chi connectivity index (χ1v) is 8.30. The van der Waals surface area contributed by atoms with Gasteiger partial charge in [-0.2, -0.15) is 0 Å². The van der Waals surface area contributed by atoms with E-state index in [2.05, 4.69) is 12.2 Å². The molecule has 124 valence electrons. The van der Waals surface area contributed by atoms with Crippen molar-refractivity contribution in [1.82, 2.24) is 0 Å². The molecule has 0 saturated carbocycles. The lowest BCUT2D eigenvalue weighted by Crippen LogP contribution is -2.15. The number of carbonyl (C=O) groups excluding carboxylic acids is 2. The van der Waals surface area contributed by atoms with Gasteiger partial charge in [-0.05, 0) is 37.7 Å². The van der Waals surface area contributed by atoms with Crippen LogP contribution in [0.2, 0.25) is 0 Å². The van der Waals surface area contributed by atoms with Crippen LogP contribution in [0.4, 0.5) is 5.00 Å². The Bertz CT molecular complexity index is 662. The maximum atomic E-state index is 12.3. The second-order valence-corrected chi connectivity index (χ2v) is 6.42. The van der Waals surface area contributed by atoms with E-state index >= 15 is 0 Å². The topological polar surface area (TPSA) is 92.7 Å². The summed E-state index contributed by atoms with van der Waals surface area (Å²) in [7, 11) is 0. The van der Waals surface area contributed by atoms with E-state index in [9.17, 15) is 14.4 Å². The fraction of sp³-hybridized carbons (Fsp3) is 0.438. The molecule has 0 bridgehead atoms. The van der Waals surface area contributed by atoms with Crippen LogP contribution in [-0.2, 0) is 20.7 Å². The Hall–Kier alpha value is -2.15. The maximum absolute atomic E-state index is 12.3. The summed E-state index contributed by atoms with van der Waals surface area (Å²) >= 11 is 1.37. The molecule has 0 aromatic carbocycles. The van der Waals surface area contributed by atoms with Crippen LogP contribution in [0.15, 0.2) is 12.2 Å². The molecule has 7 heteroatoms. The number of aliphatic carboxylic acids is 1. The van der Waals surface area contributed by atoms with E-state index in [0.717, 1.165) is 41.9 Å². The number of carbonyl (C=O) groups is 3. The fourth-order valence-corrected chi connectivity index (χ4v) is 4.06. The molecule has 0 saturated heterocycles. The first-order chi connectivity index (χ1) is 10.9. The number of esters is 1. The van der Waals surface area contributed by atoms with Crippen molar-refractivity contribution in [2.45, 2.75) is 39.0 Å². The minimum atomic E-state index is -1.20. The van der Waals surface area contributed by atoms with Gasteiger partial charge in [0, 0.05) is 17.0 Å². The Morgan fingerprint density at radius 3 is 2.78 bits per heavy atom. The Balaban J connectivity index is 2.36. The number of hydrogen-bond donors (Lipinski definition) is 2. The molecule has 1 heterocycles. The van der Waals surface area contributed by atoms with Gasteiger partial charge < -0.3 is 15.2 Å². The van der Waals surface area contributed by atoms with Gasteiger partial charge in [-0.1, -0.05) is 6.92 Å². The molecular formula is C16H19NO5S. The molecule has 23 heavy (non-hydrogen) atoms. The SMILES string of the molecule is CCOC(=O)c1c(NC(=O)/C=C/C(=O)O)sc2c1[C@H](C)CCC2. The lowest BCUT2D eigenvalue weighted by Gasteiger charge is -2.19. The number of anilines is 1. The third-order valence-corrected chi connectivity index (χ3v) is 4.83. The van der Waals surface area contributed by atoms with E-state index in [4.69, 9.17) is 9.84 Å². The Kier molecular flexibility index (Phi) is 5.54. The molecule has 0 unspecified atom stereocenters. The number of thiophene rings is 1. The number of fused-ring (bicyclic) bond motifs is 1. The van der Waals surface area contributed by atoms with Gasteiger partial charge in [-0.3, -0.25) is 4.79 Å². The summed E-state index contributed by atoms with van der Waals surface area (Å²) in [6, 6.07) is 0. The van der Waals surface area contributed by atoms with Gasteiger partial charge in [0.1, 0.15) is 5.00 Å². The van der Waals surface area contributed by atoms with Crippen molar-refractivity contribution in [3.8, 4) is 0 Å². The molecule has 1 aliphatic carbocycles. The van der Waals surface area contributed by atoms with Gasteiger partial charge in [-0.15, -0.1) is 11.3 Å². The predicted molar refractivity (Wildman–Crippen MR) is 87.0 cm³/mol. The van der Waals surface area contributed by atoms with Gasteiger partial charge >= 0.3 is 11.9 Å². The van der Waals surface area contributed by atoms with Crippen LogP contribution in [-0.4, -0.2) is 29.6 Å². The lowest BCUT2D eigenvalue weighted by atomic mass is 9.86. The molecule has 1 aliphatic rings. The standard InChI is InChI=1S/C16H19NO5S/c1-3-22-16(21)14-13-9(2)5-4-6-10(13)23-15(14)17-11(18)7-8-12(19)20/h7-9H,3-6H2,1-2H3,(H,17,18)(H,19,20)/b8-7+/t9-/m1/s1. The third-order valence-electron chi connectivity index (χ3n) is 3.65. The smallest absolute Gasteiger partial charge is 0.341 e. The van der Waals surface area contributed by atoms with Crippen LogP contribution < -0.4 is 5.32 Å². The zero-order valence-electron chi connectivity index (χ0n) is 13.0. The van der Waals surface area contributed by atoms with Crippen molar-refractivity contribution in [3.63, 3.8) is 0 Å². The Morgan fingerprint density at radius 1 is 1.39 bits per heavy atom. The highest BCUT2D eigenvalue weighted by molar-refractivity contribution is 7.17. The van der Waals surface area contributed by atoms with E-state index in [1.165, 1.54) is 11.3 Å².